The maximum absolute atomic E-state index is 12.5. The summed E-state index contributed by atoms with van der Waals surface area (Å²) in [5.74, 6) is 0. The first-order valence-corrected chi connectivity index (χ1v) is 9.18. The molecule has 1 atom stereocenters. The number of hydrogen-bond donors (Lipinski definition) is 2. The molecule has 0 aromatic heterocycles. The molecule has 0 radical (unpaired) electrons. The van der Waals surface area contributed by atoms with Crippen molar-refractivity contribution in [1.29, 1.82) is 0 Å². The molecule has 1 aromatic carbocycles. The van der Waals surface area contributed by atoms with Crippen LogP contribution < -0.4 is 10.9 Å². The van der Waals surface area contributed by atoms with E-state index in [4.69, 9.17) is 15.6 Å². The molecule has 0 bridgehead atoms. The maximum Gasteiger partial charge on any atom is 0.243 e. The predicted octanol–water partition coefficient (Wildman–Crippen LogP) is -0.896. The maximum atomic E-state index is 12.5. The zero-order chi connectivity index (χ0) is 15.7. The molecule has 0 spiro atoms. The third-order valence-electron chi connectivity index (χ3n) is 3.14. The Morgan fingerprint density at radius 3 is 2.45 bits per heavy atom. The number of rotatable bonds is 4. The van der Waals surface area contributed by atoms with Gasteiger partial charge < -0.3 is 10.5 Å². The molecule has 1 fully saturated rings. The third kappa shape index (κ3) is 4.16. The number of nitrogens with two attached hydrogens (primary N) is 2. The van der Waals surface area contributed by atoms with Gasteiger partial charge in [0.15, 0.2) is 0 Å². The van der Waals surface area contributed by atoms with Crippen molar-refractivity contribution in [2.75, 3.05) is 26.2 Å². The van der Waals surface area contributed by atoms with Crippen LogP contribution in [0.25, 0.3) is 0 Å². The standard InChI is InChI=1S/C11H17N3O5S2.ClH/c12-7-9-8-14(4-5-19-9)21(17,18)11-3-1-2-10(6-11)20(13,15)16;/h1-3,6,9H,4-5,7-8,12H2,(H2,13,15,16);1H. The molecule has 0 aliphatic carbocycles. The molecule has 1 saturated heterocycles. The smallest absolute Gasteiger partial charge is 0.243 e. The van der Waals surface area contributed by atoms with E-state index in [0.29, 0.717) is 0 Å². The van der Waals surface area contributed by atoms with Crippen LogP contribution in [0.2, 0.25) is 0 Å². The Morgan fingerprint density at radius 1 is 1.23 bits per heavy atom. The molecular formula is C11H18ClN3O5S2. The van der Waals surface area contributed by atoms with Crippen molar-refractivity contribution in [3.63, 3.8) is 0 Å². The number of halogens is 1. The molecule has 1 aliphatic heterocycles. The van der Waals surface area contributed by atoms with E-state index in [1.54, 1.807) is 0 Å². The first-order chi connectivity index (χ1) is 9.75. The summed E-state index contributed by atoms with van der Waals surface area (Å²) in [4.78, 5) is -0.362. The topological polar surface area (TPSA) is 133 Å². The van der Waals surface area contributed by atoms with Crippen LogP contribution in [0, 0.1) is 0 Å². The highest BCUT2D eigenvalue weighted by molar-refractivity contribution is 7.90. The number of primary sulfonamides is 1. The van der Waals surface area contributed by atoms with Crippen molar-refractivity contribution in [3.05, 3.63) is 24.3 Å². The third-order valence-corrected chi connectivity index (χ3v) is 5.91. The summed E-state index contributed by atoms with van der Waals surface area (Å²) in [6.07, 6.45) is -0.366. The van der Waals surface area contributed by atoms with E-state index in [-0.39, 0.29) is 54.5 Å². The van der Waals surface area contributed by atoms with E-state index < -0.39 is 20.0 Å². The highest BCUT2D eigenvalue weighted by Crippen LogP contribution is 2.21. The van der Waals surface area contributed by atoms with Crippen molar-refractivity contribution < 1.29 is 21.6 Å². The van der Waals surface area contributed by atoms with Crippen LogP contribution in [0.4, 0.5) is 0 Å². The van der Waals surface area contributed by atoms with Crippen LogP contribution in [0.5, 0.6) is 0 Å². The second kappa shape index (κ2) is 7.21. The zero-order valence-corrected chi connectivity index (χ0v) is 14.0. The molecule has 4 N–H and O–H groups in total. The van der Waals surface area contributed by atoms with Crippen molar-refractivity contribution in [2.45, 2.75) is 15.9 Å². The number of morpholine rings is 1. The van der Waals surface area contributed by atoms with E-state index in [1.165, 1.54) is 22.5 Å². The molecule has 0 saturated carbocycles. The van der Waals surface area contributed by atoms with Gasteiger partial charge in [-0.2, -0.15) is 4.31 Å². The molecule has 0 amide bonds. The monoisotopic (exact) mass is 371 g/mol. The fourth-order valence-electron chi connectivity index (χ4n) is 2.01. The zero-order valence-electron chi connectivity index (χ0n) is 11.6. The minimum absolute atomic E-state index is 0. The van der Waals surface area contributed by atoms with E-state index in [0.717, 1.165) is 6.07 Å². The number of sulfonamides is 2. The van der Waals surface area contributed by atoms with Gasteiger partial charge in [0, 0.05) is 19.6 Å². The van der Waals surface area contributed by atoms with Gasteiger partial charge in [-0.1, -0.05) is 6.07 Å². The van der Waals surface area contributed by atoms with Gasteiger partial charge in [-0.25, -0.2) is 22.0 Å². The number of benzene rings is 1. The van der Waals surface area contributed by atoms with Crippen LogP contribution in [-0.2, 0) is 24.8 Å². The van der Waals surface area contributed by atoms with Crippen LogP contribution in [0.3, 0.4) is 0 Å². The number of ether oxygens (including phenoxy) is 1. The van der Waals surface area contributed by atoms with Gasteiger partial charge in [-0.3, -0.25) is 0 Å². The summed E-state index contributed by atoms with van der Waals surface area (Å²) in [5.41, 5.74) is 5.49. The van der Waals surface area contributed by atoms with Crippen LogP contribution in [0.1, 0.15) is 0 Å². The summed E-state index contributed by atoms with van der Waals surface area (Å²) in [7, 11) is -7.77. The second-order valence-electron chi connectivity index (χ2n) is 4.61. The Labute approximate surface area is 135 Å². The highest BCUT2D eigenvalue weighted by Gasteiger charge is 2.30. The van der Waals surface area contributed by atoms with E-state index in [1.807, 2.05) is 0 Å². The predicted molar refractivity (Wildman–Crippen MR) is 82.6 cm³/mol. The molecule has 1 aromatic rings. The lowest BCUT2D eigenvalue weighted by Crippen LogP contribution is -2.48. The van der Waals surface area contributed by atoms with Gasteiger partial charge in [0.2, 0.25) is 20.0 Å². The quantitative estimate of drug-likeness (QED) is 0.705. The van der Waals surface area contributed by atoms with Crippen molar-refractivity contribution >= 4 is 32.5 Å². The van der Waals surface area contributed by atoms with Gasteiger partial charge in [0.05, 0.1) is 22.5 Å². The van der Waals surface area contributed by atoms with Crippen molar-refractivity contribution in [1.82, 2.24) is 4.31 Å². The Bertz CT molecular complexity index is 723. The summed E-state index contributed by atoms with van der Waals surface area (Å²) in [5, 5.41) is 5.02. The van der Waals surface area contributed by atoms with Crippen LogP contribution >= 0.6 is 12.4 Å². The normalized spacial score (nSPS) is 20.4. The summed E-state index contributed by atoms with van der Waals surface area (Å²) < 4.78 is 54.2. The van der Waals surface area contributed by atoms with Gasteiger partial charge in [0.25, 0.3) is 0 Å². The van der Waals surface area contributed by atoms with Crippen molar-refractivity contribution in [3.8, 4) is 0 Å². The lowest BCUT2D eigenvalue weighted by Gasteiger charge is -2.31. The van der Waals surface area contributed by atoms with Crippen LogP contribution in [0.15, 0.2) is 34.1 Å². The summed E-state index contributed by atoms with van der Waals surface area (Å²) in [6.45, 7) is 0.788. The molecule has 22 heavy (non-hydrogen) atoms. The summed E-state index contributed by atoms with van der Waals surface area (Å²) in [6, 6.07) is 4.97. The minimum Gasteiger partial charge on any atom is -0.374 e. The molecule has 1 aliphatic rings. The van der Waals surface area contributed by atoms with Gasteiger partial charge in [-0.05, 0) is 18.2 Å². The average Bonchev–Trinajstić information content (AvgIpc) is 2.46. The fourth-order valence-corrected chi connectivity index (χ4v) is 4.15. The SMILES string of the molecule is Cl.NCC1CN(S(=O)(=O)c2cccc(S(N)(=O)=O)c2)CCO1. The second-order valence-corrected chi connectivity index (χ2v) is 8.11. The van der Waals surface area contributed by atoms with Gasteiger partial charge in [0.1, 0.15) is 0 Å². The minimum atomic E-state index is -3.96. The first kappa shape index (κ1) is 19.3. The molecule has 2 rings (SSSR count). The fraction of sp³-hybridized carbons (Fsp3) is 0.455. The van der Waals surface area contributed by atoms with Gasteiger partial charge >= 0.3 is 0 Å². The lowest BCUT2D eigenvalue weighted by atomic mass is 10.3. The molecule has 8 nitrogen and oxygen atoms in total. The van der Waals surface area contributed by atoms with E-state index in [2.05, 4.69) is 0 Å². The first-order valence-electron chi connectivity index (χ1n) is 6.20. The van der Waals surface area contributed by atoms with Crippen molar-refractivity contribution in [2.24, 2.45) is 10.9 Å². The van der Waals surface area contributed by atoms with Gasteiger partial charge in [-0.15, -0.1) is 12.4 Å². The Kier molecular flexibility index (Phi) is 6.33. The average molecular weight is 372 g/mol. The molecule has 1 heterocycles. The molecule has 1 unspecified atom stereocenters. The molecular weight excluding hydrogens is 354 g/mol. The van der Waals surface area contributed by atoms with E-state index in [9.17, 15) is 16.8 Å². The Balaban J connectivity index is 0.00000242. The summed E-state index contributed by atoms with van der Waals surface area (Å²) >= 11 is 0. The Morgan fingerprint density at radius 2 is 1.86 bits per heavy atom. The van der Waals surface area contributed by atoms with E-state index >= 15 is 0 Å². The molecule has 126 valence electrons. The highest BCUT2D eigenvalue weighted by atomic mass is 35.5. The van der Waals surface area contributed by atoms with Crippen LogP contribution in [-0.4, -0.2) is 53.5 Å². The lowest BCUT2D eigenvalue weighted by molar-refractivity contribution is 0.00450. The number of hydrogen-bond acceptors (Lipinski definition) is 6. The largest absolute Gasteiger partial charge is 0.374 e. The molecule has 11 heteroatoms. The number of nitrogens with zero attached hydrogens (tertiary/aromatic N) is 1. The Hall–Kier alpha value is -0.750.